The Bertz CT molecular complexity index is 459. The average molecular weight is 301 g/mol. The van der Waals surface area contributed by atoms with E-state index in [-0.39, 0.29) is 24.1 Å². The minimum Gasteiger partial charge on any atom is -0.357 e. The predicted molar refractivity (Wildman–Crippen MR) is 72.8 cm³/mol. The Morgan fingerprint density at radius 3 is 2.67 bits per heavy atom. The summed E-state index contributed by atoms with van der Waals surface area (Å²) in [6, 6.07) is 3.00. The molecule has 1 N–H and O–H groups in total. The molecule has 1 aromatic heterocycles. The molecule has 2 heterocycles. The molecule has 2 rings (SSSR count). The number of hydrogen-bond acceptors (Lipinski definition) is 3. The highest BCUT2D eigenvalue weighted by Gasteiger charge is 2.22. The van der Waals surface area contributed by atoms with Crippen molar-refractivity contribution < 1.29 is 18.0 Å². The van der Waals surface area contributed by atoms with E-state index in [9.17, 15) is 18.0 Å². The standard InChI is InChI=1S/C14H18F3N3O/c15-11-1-2-13(18-8-11)20-5-3-10(4-6-20)7-14(21)19-9-12(16)17/h1-2,8,10,12H,3-7,9H2,(H,19,21). The number of aromatic nitrogens is 1. The molecule has 1 aliphatic rings. The highest BCUT2D eigenvalue weighted by molar-refractivity contribution is 5.76. The van der Waals surface area contributed by atoms with Crippen LogP contribution in [0.2, 0.25) is 0 Å². The van der Waals surface area contributed by atoms with Gasteiger partial charge in [0.05, 0.1) is 12.7 Å². The molecule has 7 heteroatoms. The number of rotatable bonds is 5. The number of carbonyl (C=O) groups is 1. The largest absolute Gasteiger partial charge is 0.357 e. The van der Waals surface area contributed by atoms with Gasteiger partial charge in [0.15, 0.2) is 0 Å². The van der Waals surface area contributed by atoms with E-state index < -0.39 is 13.0 Å². The van der Waals surface area contributed by atoms with Crippen LogP contribution in [0.25, 0.3) is 0 Å². The van der Waals surface area contributed by atoms with Crippen LogP contribution in [-0.4, -0.2) is 37.0 Å². The van der Waals surface area contributed by atoms with Gasteiger partial charge in [0.2, 0.25) is 5.91 Å². The first-order chi connectivity index (χ1) is 10.0. The molecule has 1 amide bonds. The fourth-order valence-corrected chi connectivity index (χ4v) is 2.45. The summed E-state index contributed by atoms with van der Waals surface area (Å²) in [5.41, 5.74) is 0. The predicted octanol–water partition coefficient (Wildman–Crippen LogP) is 2.21. The third kappa shape index (κ3) is 4.91. The minimum absolute atomic E-state index is 0.194. The van der Waals surface area contributed by atoms with Crippen molar-refractivity contribution in [2.75, 3.05) is 24.5 Å². The Morgan fingerprint density at radius 2 is 2.10 bits per heavy atom. The number of nitrogens with zero attached hydrogens (tertiary/aromatic N) is 2. The van der Waals surface area contributed by atoms with Crippen LogP contribution in [0.3, 0.4) is 0 Å². The Hall–Kier alpha value is -1.79. The van der Waals surface area contributed by atoms with Gasteiger partial charge in [-0.3, -0.25) is 4.79 Å². The molecule has 0 saturated carbocycles. The third-order valence-corrected chi connectivity index (χ3v) is 3.58. The van der Waals surface area contributed by atoms with Gasteiger partial charge >= 0.3 is 0 Å². The summed E-state index contributed by atoms with van der Waals surface area (Å²) in [6.07, 6.45) is 0.527. The van der Waals surface area contributed by atoms with Gasteiger partial charge in [-0.15, -0.1) is 0 Å². The van der Waals surface area contributed by atoms with Crippen molar-refractivity contribution in [3.05, 3.63) is 24.1 Å². The fraction of sp³-hybridized carbons (Fsp3) is 0.571. The molecule has 0 unspecified atom stereocenters. The van der Waals surface area contributed by atoms with Gasteiger partial charge in [-0.2, -0.15) is 0 Å². The highest BCUT2D eigenvalue weighted by Crippen LogP contribution is 2.23. The topological polar surface area (TPSA) is 45.2 Å². The lowest BCUT2D eigenvalue weighted by Gasteiger charge is -2.32. The van der Waals surface area contributed by atoms with Crippen molar-refractivity contribution in [1.82, 2.24) is 10.3 Å². The Kier molecular flexibility index (Phi) is 5.41. The molecule has 0 spiro atoms. The lowest BCUT2D eigenvalue weighted by atomic mass is 9.93. The maximum Gasteiger partial charge on any atom is 0.255 e. The van der Waals surface area contributed by atoms with E-state index in [1.807, 2.05) is 4.90 Å². The van der Waals surface area contributed by atoms with Crippen LogP contribution in [0.4, 0.5) is 19.0 Å². The van der Waals surface area contributed by atoms with E-state index in [1.165, 1.54) is 12.3 Å². The second-order valence-corrected chi connectivity index (χ2v) is 5.16. The third-order valence-electron chi connectivity index (χ3n) is 3.58. The number of anilines is 1. The van der Waals surface area contributed by atoms with Crippen LogP contribution < -0.4 is 10.2 Å². The van der Waals surface area contributed by atoms with Crippen molar-refractivity contribution in [3.63, 3.8) is 0 Å². The van der Waals surface area contributed by atoms with Crippen molar-refractivity contribution in [3.8, 4) is 0 Å². The van der Waals surface area contributed by atoms with E-state index in [4.69, 9.17) is 0 Å². The van der Waals surface area contributed by atoms with Crippen LogP contribution in [-0.2, 0) is 4.79 Å². The average Bonchev–Trinajstić information content (AvgIpc) is 2.47. The molecule has 1 aromatic rings. The Morgan fingerprint density at radius 1 is 1.38 bits per heavy atom. The van der Waals surface area contributed by atoms with Crippen molar-refractivity contribution in [2.24, 2.45) is 5.92 Å². The number of hydrogen-bond donors (Lipinski definition) is 1. The summed E-state index contributed by atoms with van der Waals surface area (Å²) in [5, 5.41) is 2.22. The molecule has 21 heavy (non-hydrogen) atoms. The van der Waals surface area contributed by atoms with Gasteiger partial charge in [-0.1, -0.05) is 0 Å². The van der Waals surface area contributed by atoms with Crippen LogP contribution in [0.5, 0.6) is 0 Å². The summed E-state index contributed by atoms with van der Waals surface area (Å²) in [4.78, 5) is 17.6. The van der Waals surface area contributed by atoms with E-state index in [0.717, 1.165) is 31.7 Å². The van der Waals surface area contributed by atoms with Crippen LogP contribution in [0.15, 0.2) is 18.3 Å². The van der Waals surface area contributed by atoms with Gasteiger partial charge in [0.25, 0.3) is 6.43 Å². The van der Waals surface area contributed by atoms with Gasteiger partial charge in [-0.25, -0.2) is 18.2 Å². The number of pyridine rings is 1. The summed E-state index contributed by atoms with van der Waals surface area (Å²) in [7, 11) is 0. The number of carbonyl (C=O) groups excluding carboxylic acids is 1. The number of halogens is 3. The van der Waals surface area contributed by atoms with Gasteiger partial charge in [0.1, 0.15) is 11.6 Å². The first-order valence-corrected chi connectivity index (χ1v) is 6.96. The first-order valence-electron chi connectivity index (χ1n) is 6.96. The van der Waals surface area contributed by atoms with E-state index in [0.29, 0.717) is 0 Å². The van der Waals surface area contributed by atoms with E-state index >= 15 is 0 Å². The second kappa shape index (κ2) is 7.28. The highest BCUT2D eigenvalue weighted by atomic mass is 19.3. The minimum atomic E-state index is -2.51. The quantitative estimate of drug-likeness (QED) is 0.907. The number of nitrogens with one attached hydrogen (secondary N) is 1. The lowest BCUT2D eigenvalue weighted by Crippen LogP contribution is -2.37. The molecule has 0 aliphatic carbocycles. The summed E-state index contributed by atoms with van der Waals surface area (Å²) in [6.45, 7) is 0.869. The molecular weight excluding hydrogens is 283 g/mol. The zero-order chi connectivity index (χ0) is 15.2. The summed E-state index contributed by atoms with van der Waals surface area (Å²) < 4.78 is 36.8. The monoisotopic (exact) mass is 301 g/mol. The fourth-order valence-electron chi connectivity index (χ4n) is 2.45. The molecule has 4 nitrogen and oxygen atoms in total. The first kappa shape index (κ1) is 15.6. The molecule has 1 aliphatic heterocycles. The molecular formula is C14H18F3N3O. The molecule has 0 bridgehead atoms. The van der Waals surface area contributed by atoms with Crippen molar-refractivity contribution >= 4 is 11.7 Å². The van der Waals surface area contributed by atoms with Crippen molar-refractivity contribution in [2.45, 2.75) is 25.7 Å². The molecule has 0 aromatic carbocycles. The lowest BCUT2D eigenvalue weighted by molar-refractivity contribution is -0.122. The van der Waals surface area contributed by atoms with Crippen LogP contribution >= 0.6 is 0 Å². The SMILES string of the molecule is O=C(CC1CCN(c2ccc(F)cn2)CC1)NCC(F)F. The van der Waals surface area contributed by atoms with Crippen molar-refractivity contribution in [1.29, 1.82) is 0 Å². The smallest absolute Gasteiger partial charge is 0.255 e. The van der Waals surface area contributed by atoms with E-state index in [1.54, 1.807) is 6.07 Å². The van der Waals surface area contributed by atoms with Crippen LogP contribution in [0, 0.1) is 11.7 Å². The summed E-state index contributed by atoms with van der Waals surface area (Å²) >= 11 is 0. The number of amides is 1. The van der Waals surface area contributed by atoms with Gasteiger partial charge in [-0.05, 0) is 30.9 Å². The van der Waals surface area contributed by atoms with Crippen LogP contribution in [0.1, 0.15) is 19.3 Å². The maximum atomic E-state index is 12.8. The maximum absolute atomic E-state index is 12.8. The molecule has 116 valence electrons. The molecule has 1 saturated heterocycles. The number of alkyl halides is 2. The molecule has 0 radical (unpaired) electrons. The van der Waals surface area contributed by atoms with Gasteiger partial charge in [0, 0.05) is 19.5 Å². The Labute approximate surface area is 121 Å². The summed E-state index contributed by atoms with van der Waals surface area (Å²) in [5.74, 6) is 0.217. The van der Waals surface area contributed by atoms with E-state index in [2.05, 4.69) is 10.3 Å². The zero-order valence-electron chi connectivity index (χ0n) is 11.6. The zero-order valence-corrected chi connectivity index (χ0v) is 11.6. The number of piperidine rings is 1. The Balaban J connectivity index is 1.75. The molecule has 1 fully saturated rings. The van der Waals surface area contributed by atoms with Gasteiger partial charge < -0.3 is 10.2 Å². The molecule has 0 atom stereocenters. The normalized spacial score (nSPS) is 16.3. The second-order valence-electron chi connectivity index (χ2n) is 5.16.